The standard InChI is InChI=1S/C48H32N2/c1-2-46-49-44-21-11-12-22-45(44)50(46)33-25-23-30(24-26-33)38-29-43-47(37-18-6-5-15-34(37)38)39-27-31-13-3-4-14-32(31)28-42(39)48(43)40-19-9-7-16-35(40)36-17-8-10-20-41(36)48/h3-29H,2H2,1H3. The second-order valence-electron chi connectivity index (χ2n) is 13.7. The highest BCUT2D eigenvalue weighted by Crippen LogP contribution is 2.64. The van der Waals surface area contributed by atoms with Crippen molar-refractivity contribution in [1.29, 1.82) is 0 Å². The number of aromatic nitrogens is 2. The number of benzene rings is 8. The second kappa shape index (κ2) is 10.1. The average Bonchev–Trinajstić information content (AvgIpc) is 3.80. The Morgan fingerprint density at radius 1 is 0.500 bits per heavy atom. The van der Waals surface area contributed by atoms with Crippen LogP contribution in [0.15, 0.2) is 164 Å². The molecular weight excluding hydrogens is 605 g/mol. The number of nitrogens with zero attached hydrogens (tertiary/aromatic N) is 2. The molecule has 11 rings (SSSR count). The third-order valence-electron chi connectivity index (χ3n) is 11.3. The van der Waals surface area contributed by atoms with Gasteiger partial charge in [-0.2, -0.15) is 0 Å². The first kappa shape index (κ1) is 27.7. The second-order valence-corrected chi connectivity index (χ2v) is 13.7. The van der Waals surface area contributed by atoms with E-state index in [1.807, 2.05) is 0 Å². The summed E-state index contributed by atoms with van der Waals surface area (Å²) < 4.78 is 2.31. The topological polar surface area (TPSA) is 17.8 Å². The minimum absolute atomic E-state index is 0.424. The lowest BCUT2D eigenvalue weighted by Gasteiger charge is -2.31. The van der Waals surface area contributed by atoms with Crippen LogP contribution in [-0.2, 0) is 11.8 Å². The van der Waals surface area contributed by atoms with E-state index in [9.17, 15) is 0 Å². The molecule has 2 heteroatoms. The first-order valence-corrected chi connectivity index (χ1v) is 17.6. The Morgan fingerprint density at radius 2 is 1.12 bits per heavy atom. The zero-order valence-corrected chi connectivity index (χ0v) is 27.7. The van der Waals surface area contributed by atoms with Crippen molar-refractivity contribution in [3.8, 4) is 39.1 Å². The molecule has 0 bridgehead atoms. The molecule has 0 saturated heterocycles. The number of para-hydroxylation sites is 2. The first-order chi connectivity index (χ1) is 24.8. The minimum Gasteiger partial charge on any atom is -0.296 e. The van der Waals surface area contributed by atoms with Gasteiger partial charge in [-0.15, -0.1) is 0 Å². The normalized spacial score (nSPS) is 13.5. The molecule has 2 aliphatic carbocycles. The van der Waals surface area contributed by atoms with Gasteiger partial charge >= 0.3 is 0 Å². The van der Waals surface area contributed by atoms with Crippen molar-refractivity contribution in [1.82, 2.24) is 9.55 Å². The summed E-state index contributed by atoms with van der Waals surface area (Å²) in [5.74, 6) is 1.08. The number of imidazole rings is 1. The molecule has 2 aliphatic rings. The van der Waals surface area contributed by atoms with Gasteiger partial charge in [0, 0.05) is 12.1 Å². The van der Waals surface area contributed by atoms with Gasteiger partial charge in [0.15, 0.2) is 0 Å². The van der Waals surface area contributed by atoms with Crippen molar-refractivity contribution in [3.05, 3.63) is 192 Å². The van der Waals surface area contributed by atoms with Crippen molar-refractivity contribution in [2.45, 2.75) is 18.8 Å². The Hall–Kier alpha value is -6.25. The van der Waals surface area contributed by atoms with Crippen molar-refractivity contribution < 1.29 is 0 Å². The van der Waals surface area contributed by atoms with Crippen molar-refractivity contribution >= 4 is 32.6 Å². The maximum absolute atomic E-state index is 4.95. The fraction of sp³-hybridized carbons (Fsp3) is 0.0625. The van der Waals surface area contributed by atoms with Gasteiger partial charge in [-0.1, -0.05) is 128 Å². The zero-order valence-electron chi connectivity index (χ0n) is 27.7. The van der Waals surface area contributed by atoms with Gasteiger partial charge in [0.05, 0.1) is 16.4 Å². The lowest BCUT2D eigenvalue weighted by atomic mass is 9.69. The predicted octanol–water partition coefficient (Wildman–Crippen LogP) is 11.9. The smallest absolute Gasteiger partial charge is 0.114 e. The summed E-state index contributed by atoms with van der Waals surface area (Å²) in [6.07, 6.45) is 0.868. The van der Waals surface area contributed by atoms with Crippen LogP contribution in [0.2, 0.25) is 0 Å². The molecule has 1 spiro atoms. The van der Waals surface area contributed by atoms with Crippen LogP contribution in [0.5, 0.6) is 0 Å². The number of hydrogen-bond acceptors (Lipinski definition) is 1. The summed E-state index contributed by atoms with van der Waals surface area (Å²) >= 11 is 0. The van der Waals surface area contributed by atoms with E-state index in [-0.39, 0.29) is 0 Å². The highest BCUT2D eigenvalue weighted by Gasteiger charge is 2.52. The summed E-state index contributed by atoms with van der Waals surface area (Å²) in [5, 5.41) is 5.13. The van der Waals surface area contributed by atoms with Crippen LogP contribution in [0.4, 0.5) is 0 Å². The molecule has 0 amide bonds. The first-order valence-electron chi connectivity index (χ1n) is 17.6. The third kappa shape index (κ3) is 3.50. The molecule has 8 aromatic carbocycles. The van der Waals surface area contributed by atoms with Crippen LogP contribution >= 0.6 is 0 Å². The van der Waals surface area contributed by atoms with Gasteiger partial charge in [-0.05, 0) is 120 Å². The lowest BCUT2D eigenvalue weighted by molar-refractivity contribution is 0.796. The monoisotopic (exact) mass is 636 g/mol. The van der Waals surface area contributed by atoms with E-state index in [0.717, 1.165) is 29.0 Å². The number of hydrogen-bond donors (Lipinski definition) is 0. The summed E-state index contributed by atoms with van der Waals surface area (Å²) in [4.78, 5) is 4.95. The molecule has 0 unspecified atom stereocenters. The van der Waals surface area contributed by atoms with E-state index in [4.69, 9.17) is 4.98 Å². The van der Waals surface area contributed by atoms with E-state index >= 15 is 0 Å². The maximum Gasteiger partial charge on any atom is 0.114 e. The molecule has 0 radical (unpaired) electrons. The number of fused-ring (bicyclic) bond motifs is 14. The van der Waals surface area contributed by atoms with Gasteiger partial charge in [0.1, 0.15) is 5.82 Å². The molecule has 50 heavy (non-hydrogen) atoms. The van der Waals surface area contributed by atoms with Gasteiger partial charge in [0.25, 0.3) is 0 Å². The molecule has 0 fully saturated rings. The van der Waals surface area contributed by atoms with Gasteiger partial charge < -0.3 is 0 Å². The van der Waals surface area contributed by atoms with E-state index in [1.54, 1.807) is 0 Å². The summed E-state index contributed by atoms with van der Waals surface area (Å²) in [6, 6.07) is 61.1. The van der Waals surface area contributed by atoms with E-state index in [2.05, 4.69) is 175 Å². The molecule has 9 aromatic rings. The zero-order chi connectivity index (χ0) is 33.0. The van der Waals surface area contributed by atoms with Gasteiger partial charge in [-0.3, -0.25) is 4.57 Å². The van der Waals surface area contributed by atoms with Gasteiger partial charge in [0.2, 0.25) is 0 Å². The Balaban J connectivity index is 1.22. The largest absolute Gasteiger partial charge is 0.296 e. The van der Waals surface area contributed by atoms with Crippen molar-refractivity contribution in [2.75, 3.05) is 0 Å². The highest BCUT2D eigenvalue weighted by molar-refractivity contribution is 6.12. The molecule has 0 aliphatic heterocycles. The molecule has 234 valence electrons. The third-order valence-corrected chi connectivity index (χ3v) is 11.3. The Labute approximate surface area is 290 Å². The molecule has 0 saturated carbocycles. The molecule has 1 aromatic heterocycles. The van der Waals surface area contributed by atoms with Crippen LogP contribution in [0.1, 0.15) is 35.0 Å². The fourth-order valence-corrected chi connectivity index (χ4v) is 9.31. The van der Waals surface area contributed by atoms with Crippen molar-refractivity contribution in [3.63, 3.8) is 0 Å². The molecule has 2 nitrogen and oxygen atoms in total. The maximum atomic E-state index is 4.95. The molecule has 0 N–H and O–H groups in total. The highest BCUT2D eigenvalue weighted by atomic mass is 15.1. The van der Waals surface area contributed by atoms with Gasteiger partial charge in [-0.25, -0.2) is 4.98 Å². The Morgan fingerprint density at radius 3 is 1.86 bits per heavy atom. The summed E-state index contributed by atoms with van der Waals surface area (Å²) in [5.41, 5.74) is 16.2. The number of rotatable bonds is 3. The fourth-order valence-electron chi connectivity index (χ4n) is 9.31. The van der Waals surface area contributed by atoms with Crippen LogP contribution in [0, 0.1) is 0 Å². The van der Waals surface area contributed by atoms with Crippen LogP contribution in [-0.4, -0.2) is 9.55 Å². The average molecular weight is 637 g/mol. The molecule has 0 atom stereocenters. The minimum atomic E-state index is -0.424. The summed E-state index contributed by atoms with van der Waals surface area (Å²) in [7, 11) is 0. The van der Waals surface area contributed by atoms with E-state index in [1.165, 1.54) is 77.2 Å². The van der Waals surface area contributed by atoms with Crippen molar-refractivity contribution in [2.24, 2.45) is 0 Å². The van der Waals surface area contributed by atoms with E-state index < -0.39 is 5.41 Å². The van der Waals surface area contributed by atoms with Crippen LogP contribution in [0.25, 0.3) is 71.6 Å². The summed E-state index contributed by atoms with van der Waals surface area (Å²) in [6.45, 7) is 2.18. The lowest BCUT2D eigenvalue weighted by Crippen LogP contribution is -2.26. The quantitative estimate of drug-likeness (QED) is 0.189. The predicted molar refractivity (Wildman–Crippen MR) is 207 cm³/mol. The SMILES string of the molecule is CCc1nc2ccccc2n1-c1ccc(-c2cc3c(c4ccccc24)-c2cc4ccccc4cc2C32c3ccccc3-c3ccccc32)cc1. The molecule has 1 heterocycles. The van der Waals surface area contributed by atoms with Crippen LogP contribution < -0.4 is 0 Å². The Bertz CT molecular complexity index is 2810. The van der Waals surface area contributed by atoms with E-state index in [0.29, 0.717) is 0 Å². The Kier molecular flexibility index (Phi) is 5.61. The van der Waals surface area contributed by atoms with Crippen LogP contribution in [0.3, 0.4) is 0 Å². The molecular formula is C48H32N2. The number of aryl methyl sites for hydroxylation is 1.